The van der Waals surface area contributed by atoms with E-state index in [9.17, 15) is 4.79 Å². The van der Waals surface area contributed by atoms with Gasteiger partial charge in [-0.15, -0.1) is 12.6 Å². The van der Waals surface area contributed by atoms with Gasteiger partial charge in [0, 0.05) is 6.20 Å². The molecular formula is C9H15N3O3S. The second kappa shape index (κ2) is 5.88. The van der Waals surface area contributed by atoms with Crippen molar-refractivity contribution in [3.63, 3.8) is 0 Å². The molecule has 0 amide bonds. The smallest absolute Gasteiger partial charge is 0.351 e. The summed E-state index contributed by atoms with van der Waals surface area (Å²) in [6.07, 6.45) is 1.56. The van der Waals surface area contributed by atoms with Crippen LogP contribution in [0.25, 0.3) is 0 Å². The fourth-order valence-electron chi connectivity index (χ4n) is 1.23. The van der Waals surface area contributed by atoms with Gasteiger partial charge in [0.25, 0.3) is 0 Å². The van der Waals surface area contributed by atoms with E-state index in [1.807, 2.05) is 6.92 Å². The second-order valence-electron chi connectivity index (χ2n) is 3.18. The minimum atomic E-state index is -0.630. The van der Waals surface area contributed by atoms with Gasteiger partial charge in [-0.2, -0.15) is 4.98 Å². The molecule has 0 radical (unpaired) electrons. The summed E-state index contributed by atoms with van der Waals surface area (Å²) in [6, 6.07) is 1.51. The number of thiol groups is 1. The molecule has 1 rings (SSSR count). The molecule has 0 aliphatic heterocycles. The third-order valence-corrected chi connectivity index (χ3v) is 2.27. The average molecular weight is 245 g/mol. The molecule has 90 valence electrons. The highest BCUT2D eigenvalue weighted by Gasteiger charge is 2.14. The first-order chi connectivity index (χ1) is 7.58. The summed E-state index contributed by atoms with van der Waals surface area (Å²) in [6.45, 7) is 1.63. The lowest BCUT2D eigenvalue weighted by Crippen LogP contribution is -2.30. The Labute approximate surface area is 98.5 Å². The first-order valence-electron chi connectivity index (χ1n) is 4.87. The van der Waals surface area contributed by atoms with Crippen molar-refractivity contribution < 1.29 is 9.84 Å². The number of ether oxygens (including phenoxy) is 1. The van der Waals surface area contributed by atoms with Crippen LogP contribution in [-0.4, -0.2) is 26.7 Å². The minimum absolute atomic E-state index is 0.167. The van der Waals surface area contributed by atoms with Crippen LogP contribution in [0.1, 0.15) is 19.6 Å². The van der Waals surface area contributed by atoms with Crippen LogP contribution in [0.5, 0.6) is 0 Å². The summed E-state index contributed by atoms with van der Waals surface area (Å²) in [4.78, 5) is 15.1. The van der Waals surface area contributed by atoms with Crippen molar-refractivity contribution in [3.8, 4) is 0 Å². The highest BCUT2D eigenvalue weighted by atomic mass is 32.1. The zero-order chi connectivity index (χ0) is 12.1. The van der Waals surface area contributed by atoms with E-state index in [1.165, 1.54) is 16.8 Å². The zero-order valence-corrected chi connectivity index (χ0v) is 9.80. The van der Waals surface area contributed by atoms with Crippen LogP contribution in [0.3, 0.4) is 0 Å². The maximum Gasteiger partial charge on any atom is 0.351 e. The molecule has 0 aliphatic carbocycles. The van der Waals surface area contributed by atoms with E-state index >= 15 is 0 Å². The third kappa shape index (κ3) is 3.22. The molecule has 0 aromatic carbocycles. The quantitative estimate of drug-likeness (QED) is 0.502. The summed E-state index contributed by atoms with van der Waals surface area (Å²) in [5, 5.41) is 8.82. The fourth-order valence-corrected chi connectivity index (χ4v) is 1.37. The number of anilines is 1. The number of aromatic nitrogens is 2. The van der Waals surface area contributed by atoms with E-state index in [0.717, 1.165) is 0 Å². The molecule has 0 spiro atoms. The molecule has 0 fully saturated rings. The molecule has 0 unspecified atom stereocenters. The van der Waals surface area contributed by atoms with Crippen LogP contribution in [0.4, 0.5) is 5.82 Å². The Morgan fingerprint density at radius 3 is 2.94 bits per heavy atom. The molecule has 0 bridgehead atoms. The second-order valence-corrected chi connectivity index (χ2v) is 3.75. The summed E-state index contributed by atoms with van der Waals surface area (Å²) in [7, 11) is 0. The highest BCUT2D eigenvalue weighted by Crippen LogP contribution is 2.14. The third-order valence-electron chi connectivity index (χ3n) is 1.98. The van der Waals surface area contributed by atoms with Crippen molar-refractivity contribution in [3.05, 3.63) is 22.7 Å². The van der Waals surface area contributed by atoms with E-state index in [4.69, 9.17) is 15.6 Å². The lowest BCUT2D eigenvalue weighted by atomic mass is 10.4. The monoisotopic (exact) mass is 245 g/mol. The number of nitrogens with zero attached hydrogens (tertiary/aromatic N) is 2. The highest BCUT2D eigenvalue weighted by molar-refractivity contribution is 7.80. The number of nitrogen functional groups attached to an aromatic ring is 1. The lowest BCUT2D eigenvalue weighted by molar-refractivity contribution is -0.0366. The number of nitrogens with two attached hydrogens (primary N) is 1. The number of aliphatic hydroxyl groups is 1. The van der Waals surface area contributed by atoms with E-state index in [-0.39, 0.29) is 12.4 Å². The molecule has 16 heavy (non-hydrogen) atoms. The molecular weight excluding hydrogens is 230 g/mol. The number of aliphatic hydroxyl groups excluding tert-OH is 1. The molecule has 1 aromatic heterocycles. The van der Waals surface area contributed by atoms with E-state index in [2.05, 4.69) is 17.6 Å². The van der Waals surface area contributed by atoms with Crippen molar-refractivity contribution in [2.75, 3.05) is 12.3 Å². The Balaban J connectivity index is 2.91. The van der Waals surface area contributed by atoms with Gasteiger partial charge in [0.15, 0.2) is 0 Å². The normalized spacial score (nSPS) is 14.7. The Hall–Kier alpha value is -1.05. The lowest BCUT2D eigenvalue weighted by Gasteiger charge is -2.21. The molecule has 0 saturated carbocycles. The van der Waals surface area contributed by atoms with Gasteiger partial charge in [-0.3, -0.25) is 4.57 Å². The maximum atomic E-state index is 11.5. The van der Waals surface area contributed by atoms with E-state index < -0.39 is 17.4 Å². The standard InChI is InChI=1S/C9H15N3O3S/c1-2-7(15-8(16)5-13)12-4-3-6(10)11-9(12)14/h3-4,7-8,13,16H,2,5H2,1H3,(H2,10,11,14)/t7-,8+/m0/s1. The van der Waals surface area contributed by atoms with Crippen molar-refractivity contribution in [1.82, 2.24) is 9.55 Å². The van der Waals surface area contributed by atoms with Crippen LogP contribution in [0, 0.1) is 0 Å². The van der Waals surface area contributed by atoms with Crippen molar-refractivity contribution in [2.24, 2.45) is 0 Å². The molecule has 0 aliphatic rings. The molecule has 0 saturated heterocycles. The van der Waals surface area contributed by atoms with Crippen LogP contribution in [0.2, 0.25) is 0 Å². The summed E-state index contributed by atoms with van der Waals surface area (Å²) < 4.78 is 6.67. The van der Waals surface area contributed by atoms with Gasteiger partial charge in [0.1, 0.15) is 17.5 Å². The van der Waals surface area contributed by atoms with E-state index in [0.29, 0.717) is 6.42 Å². The maximum absolute atomic E-state index is 11.5. The van der Waals surface area contributed by atoms with Gasteiger partial charge in [-0.05, 0) is 12.5 Å². The molecule has 3 N–H and O–H groups in total. The first kappa shape index (κ1) is 13.0. The Bertz CT molecular complexity index is 396. The molecule has 7 heteroatoms. The fraction of sp³-hybridized carbons (Fsp3) is 0.556. The minimum Gasteiger partial charge on any atom is -0.393 e. The predicted molar refractivity (Wildman–Crippen MR) is 63.2 cm³/mol. The van der Waals surface area contributed by atoms with Crippen LogP contribution < -0.4 is 11.4 Å². The largest absolute Gasteiger partial charge is 0.393 e. The Morgan fingerprint density at radius 2 is 2.44 bits per heavy atom. The molecule has 1 aromatic rings. The Kier molecular flexibility index (Phi) is 4.78. The molecule has 1 heterocycles. The van der Waals surface area contributed by atoms with Crippen LogP contribution >= 0.6 is 12.6 Å². The molecule has 2 atom stereocenters. The number of hydrogen-bond acceptors (Lipinski definition) is 6. The van der Waals surface area contributed by atoms with E-state index in [1.54, 1.807) is 0 Å². The topological polar surface area (TPSA) is 90.4 Å². The van der Waals surface area contributed by atoms with Gasteiger partial charge in [-0.1, -0.05) is 6.92 Å². The molecule has 6 nitrogen and oxygen atoms in total. The number of rotatable bonds is 5. The van der Waals surface area contributed by atoms with Crippen LogP contribution in [-0.2, 0) is 4.74 Å². The average Bonchev–Trinajstić information content (AvgIpc) is 2.26. The first-order valence-corrected chi connectivity index (χ1v) is 5.39. The summed E-state index contributed by atoms with van der Waals surface area (Å²) in [5.74, 6) is 0.167. The zero-order valence-electron chi connectivity index (χ0n) is 8.91. The van der Waals surface area contributed by atoms with Gasteiger partial charge < -0.3 is 15.6 Å². The van der Waals surface area contributed by atoms with Crippen molar-refractivity contribution in [1.29, 1.82) is 0 Å². The number of hydrogen-bond donors (Lipinski definition) is 3. The summed E-state index contributed by atoms with van der Waals surface area (Å²) in [5.41, 5.74) is 4.26. The van der Waals surface area contributed by atoms with Gasteiger partial charge in [0.05, 0.1) is 6.61 Å². The van der Waals surface area contributed by atoms with Gasteiger partial charge in [0.2, 0.25) is 0 Å². The summed E-state index contributed by atoms with van der Waals surface area (Å²) >= 11 is 4.00. The Morgan fingerprint density at radius 1 is 1.75 bits per heavy atom. The SMILES string of the molecule is CC[C@H](O[C@H](S)CO)n1ccc(N)nc1=O. The van der Waals surface area contributed by atoms with Crippen LogP contribution in [0.15, 0.2) is 17.1 Å². The van der Waals surface area contributed by atoms with Gasteiger partial charge >= 0.3 is 5.69 Å². The van der Waals surface area contributed by atoms with Gasteiger partial charge in [-0.25, -0.2) is 4.79 Å². The van der Waals surface area contributed by atoms with Crippen molar-refractivity contribution in [2.45, 2.75) is 25.0 Å². The van der Waals surface area contributed by atoms with Crippen molar-refractivity contribution >= 4 is 18.4 Å². The predicted octanol–water partition coefficient (Wildman–Crippen LogP) is -0.00110.